The van der Waals surface area contributed by atoms with E-state index in [1.165, 1.54) is 5.56 Å². The fourth-order valence-electron chi connectivity index (χ4n) is 3.71. The van der Waals surface area contributed by atoms with E-state index in [9.17, 15) is 8.42 Å². The van der Waals surface area contributed by atoms with Gasteiger partial charge in [0, 0.05) is 43.3 Å². The maximum Gasteiger partial charge on any atom is 0.180 e. The number of sulfone groups is 1. The molecule has 0 radical (unpaired) electrons. The number of fused-ring (bicyclic) bond motifs is 2. The highest BCUT2D eigenvalue weighted by atomic mass is 32.2. The van der Waals surface area contributed by atoms with Crippen molar-refractivity contribution in [3.05, 3.63) is 59.7 Å². The van der Waals surface area contributed by atoms with Gasteiger partial charge in [-0.3, -0.25) is 0 Å². The summed E-state index contributed by atoms with van der Waals surface area (Å²) in [6, 6.07) is 15.5. The fourth-order valence-corrected chi connectivity index (χ4v) is 5.21. The average Bonchev–Trinajstić information content (AvgIpc) is 2.84. The van der Waals surface area contributed by atoms with Crippen molar-refractivity contribution in [3.63, 3.8) is 0 Å². The Labute approximate surface area is 171 Å². The first-order valence-corrected chi connectivity index (χ1v) is 11.5. The number of rotatable bonds is 5. The van der Waals surface area contributed by atoms with Gasteiger partial charge >= 0.3 is 0 Å². The van der Waals surface area contributed by atoms with Crippen LogP contribution in [0.2, 0.25) is 0 Å². The van der Waals surface area contributed by atoms with Crippen LogP contribution in [0.3, 0.4) is 0 Å². The zero-order chi connectivity index (χ0) is 20.4. The molecule has 7 heteroatoms. The summed E-state index contributed by atoms with van der Waals surface area (Å²) in [5, 5.41) is 7.72. The van der Waals surface area contributed by atoms with Gasteiger partial charge in [-0.1, -0.05) is 29.8 Å². The molecule has 1 aliphatic heterocycles. The Kier molecular flexibility index (Phi) is 5.43. The van der Waals surface area contributed by atoms with Crippen LogP contribution >= 0.6 is 0 Å². The van der Waals surface area contributed by atoms with Gasteiger partial charge in [-0.25, -0.2) is 13.4 Å². The van der Waals surface area contributed by atoms with E-state index < -0.39 is 9.84 Å². The standard InChI is InChI=1S/C22H26N4O2S/c1-16-7-8-19-18(13-16)20(24-10-9-23-2)14-22(25-19)26-11-12-29(27,28)21-6-4-3-5-17(21)15-26/h3-8,13-14,23H,9-12,15H2,1-2H3,(H,24,25). The van der Waals surface area contributed by atoms with E-state index in [-0.39, 0.29) is 5.75 Å². The van der Waals surface area contributed by atoms with Crippen molar-refractivity contribution in [1.82, 2.24) is 10.3 Å². The molecule has 0 amide bonds. The lowest BCUT2D eigenvalue weighted by atomic mass is 10.1. The molecule has 2 N–H and O–H groups in total. The first-order valence-electron chi connectivity index (χ1n) is 9.83. The molecule has 0 saturated heterocycles. The smallest absolute Gasteiger partial charge is 0.180 e. The molecule has 3 aromatic rings. The molecule has 1 aromatic heterocycles. The van der Waals surface area contributed by atoms with Crippen molar-refractivity contribution in [2.75, 3.05) is 42.7 Å². The number of pyridine rings is 1. The molecule has 0 saturated carbocycles. The number of hydrogen-bond acceptors (Lipinski definition) is 6. The van der Waals surface area contributed by atoms with Gasteiger partial charge in [0.25, 0.3) is 0 Å². The van der Waals surface area contributed by atoms with Crippen molar-refractivity contribution >= 4 is 32.2 Å². The third kappa shape index (κ3) is 4.06. The van der Waals surface area contributed by atoms with Gasteiger partial charge in [0.2, 0.25) is 0 Å². The molecule has 0 fully saturated rings. The van der Waals surface area contributed by atoms with Crippen LogP contribution in [0.1, 0.15) is 11.1 Å². The van der Waals surface area contributed by atoms with Crippen molar-refractivity contribution in [2.24, 2.45) is 0 Å². The Balaban J connectivity index is 1.76. The Hall–Kier alpha value is -2.64. The third-order valence-electron chi connectivity index (χ3n) is 5.26. The van der Waals surface area contributed by atoms with Gasteiger partial charge in [-0.05, 0) is 37.7 Å². The van der Waals surface area contributed by atoms with Crippen LogP contribution in [-0.4, -0.2) is 45.8 Å². The van der Waals surface area contributed by atoms with E-state index in [0.717, 1.165) is 41.1 Å². The number of anilines is 2. The summed E-state index contributed by atoms with van der Waals surface area (Å²) < 4.78 is 25.4. The number of aryl methyl sites for hydroxylation is 1. The quantitative estimate of drug-likeness (QED) is 0.630. The first kappa shape index (κ1) is 19.7. The lowest BCUT2D eigenvalue weighted by Crippen LogP contribution is -2.26. The maximum atomic E-state index is 12.7. The largest absolute Gasteiger partial charge is 0.383 e. The SMILES string of the molecule is CNCCNc1cc(N2CCS(=O)(=O)c3ccccc3C2)nc2ccc(C)cc12. The average molecular weight is 411 g/mol. The van der Waals surface area contributed by atoms with E-state index in [0.29, 0.717) is 18.0 Å². The van der Waals surface area contributed by atoms with Crippen molar-refractivity contribution in [1.29, 1.82) is 0 Å². The molecule has 2 heterocycles. The van der Waals surface area contributed by atoms with Gasteiger partial charge in [-0.2, -0.15) is 0 Å². The molecule has 152 valence electrons. The second-order valence-corrected chi connectivity index (χ2v) is 9.50. The molecule has 0 aliphatic carbocycles. The summed E-state index contributed by atoms with van der Waals surface area (Å²) >= 11 is 0. The Morgan fingerprint density at radius 3 is 2.76 bits per heavy atom. The van der Waals surface area contributed by atoms with Crippen LogP contribution in [0.15, 0.2) is 53.4 Å². The molecule has 6 nitrogen and oxygen atoms in total. The Morgan fingerprint density at radius 2 is 1.93 bits per heavy atom. The number of hydrogen-bond donors (Lipinski definition) is 2. The summed E-state index contributed by atoms with van der Waals surface area (Å²) in [4.78, 5) is 7.36. The van der Waals surface area contributed by atoms with Crippen molar-refractivity contribution in [3.8, 4) is 0 Å². The van der Waals surface area contributed by atoms with Gasteiger partial charge in [-0.15, -0.1) is 0 Å². The van der Waals surface area contributed by atoms with Crippen molar-refractivity contribution in [2.45, 2.75) is 18.4 Å². The van der Waals surface area contributed by atoms with Crippen LogP contribution in [0.5, 0.6) is 0 Å². The normalized spacial score (nSPS) is 15.7. The molecule has 2 aromatic carbocycles. The molecular formula is C22H26N4O2S. The summed E-state index contributed by atoms with van der Waals surface area (Å²) in [5.74, 6) is 0.875. The second-order valence-electron chi connectivity index (χ2n) is 7.43. The van der Waals surface area contributed by atoms with E-state index in [1.54, 1.807) is 12.1 Å². The van der Waals surface area contributed by atoms with Crippen LogP contribution in [0.4, 0.5) is 11.5 Å². The van der Waals surface area contributed by atoms with Crippen LogP contribution in [-0.2, 0) is 16.4 Å². The Morgan fingerprint density at radius 1 is 1.10 bits per heavy atom. The topological polar surface area (TPSA) is 74.3 Å². The number of nitrogens with one attached hydrogen (secondary N) is 2. The lowest BCUT2D eigenvalue weighted by Gasteiger charge is -2.23. The van der Waals surface area contributed by atoms with Gasteiger partial charge < -0.3 is 15.5 Å². The molecule has 0 unspecified atom stereocenters. The van der Waals surface area contributed by atoms with E-state index in [4.69, 9.17) is 4.98 Å². The van der Waals surface area contributed by atoms with E-state index >= 15 is 0 Å². The molecule has 29 heavy (non-hydrogen) atoms. The molecule has 4 rings (SSSR count). The molecule has 0 bridgehead atoms. The van der Waals surface area contributed by atoms with Crippen LogP contribution < -0.4 is 15.5 Å². The maximum absolute atomic E-state index is 12.7. The summed E-state index contributed by atoms with van der Waals surface area (Å²) in [6.07, 6.45) is 0. The molecule has 0 spiro atoms. The second kappa shape index (κ2) is 8.00. The molecule has 0 atom stereocenters. The number of benzene rings is 2. The highest BCUT2D eigenvalue weighted by molar-refractivity contribution is 7.91. The van der Waals surface area contributed by atoms with E-state index in [2.05, 4.69) is 34.6 Å². The first-order chi connectivity index (χ1) is 14.0. The summed E-state index contributed by atoms with van der Waals surface area (Å²) in [7, 11) is -1.36. The number of likely N-dealkylation sites (N-methyl/N-ethyl adjacent to an activating group) is 1. The van der Waals surface area contributed by atoms with Crippen LogP contribution in [0.25, 0.3) is 10.9 Å². The minimum Gasteiger partial charge on any atom is -0.383 e. The molecule has 1 aliphatic rings. The number of nitrogens with zero attached hydrogens (tertiary/aromatic N) is 2. The predicted molar refractivity (Wildman–Crippen MR) is 118 cm³/mol. The summed E-state index contributed by atoms with van der Waals surface area (Å²) in [6.45, 7) is 4.65. The van der Waals surface area contributed by atoms with Crippen LogP contribution in [0, 0.1) is 6.92 Å². The zero-order valence-corrected chi connectivity index (χ0v) is 17.6. The Bertz CT molecular complexity index is 1140. The summed E-state index contributed by atoms with van der Waals surface area (Å²) in [5.41, 5.74) is 3.92. The third-order valence-corrected chi connectivity index (χ3v) is 7.05. The fraction of sp³-hybridized carbons (Fsp3) is 0.318. The van der Waals surface area contributed by atoms with E-state index in [1.807, 2.05) is 31.3 Å². The van der Waals surface area contributed by atoms with Gasteiger partial charge in [0.1, 0.15) is 5.82 Å². The predicted octanol–water partition coefficient (Wildman–Crippen LogP) is 2.97. The van der Waals surface area contributed by atoms with Crippen molar-refractivity contribution < 1.29 is 8.42 Å². The monoisotopic (exact) mass is 410 g/mol. The lowest BCUT2D eigenvalue weighted by molar-refractivity contribution is 0.596. The minimum atomic E-state index is -3.29. The highest BCUT2D eigenvalue weighted by Crippen LogP contribution is 2.31. The number of aromatic nitrogens is 1. The minimum absolute atomic E-state index is 0.0835. The zero-order valence-electron chi connectivity index (χ0n) is 16.8. The van der Waals surface area contributed by atoms with Gasteiger partial charge in [0.15, 0.2) is 9.84 Å². The highest BCUT2D eigenvalue weighted by Gasteiger charge is 2.26. The molecular weight excluding hydrogens is 384 g/mol. The van der Waals surface area contributed by atoms with Gasteiger partial charge in [0.05, 0.1) is 16.2 Å².